The first-order valence-electron chi connectivity index (χ1n) is 7.44. The van der Waals surface area contributed by atoms with Crippen LogP contribution in [0.15, 0.2) is 46.5 Å². The molecule has 0 spiro atoms. The van der Waals surface area contributed by atoms with Gasteiger partial charge in [0, 0.05) is 11.5 Å². The molecule has 9 nitrogen and oxygen atoms in total. The van der Waals surface area contributed by atoms with Gasteiger partial charge in [-0.1, -0.05) is 35.0 Å². The molecule has 1 amide bonds. The van der Waals surface area contributed by atoms with E-state index >= 15 is 0 Å². The average molecular weight is 379 g/mol. The van der Waals surface area contributed by atoms with Crippen LogP contribution in [0, 0.1) is 6.92 Å². The Labute approximate surface area is 150 Å². The Morgan fingerprint density at radius 2 is 1.96 bits per heavy atom. The summed E-state index contributed by atoms with van der Waals surface area (Å²) in [5, 5.41) is 6.72. The second-order valence-corrected chi connectivity index (χ2v) is 6.82. The molecule has 10 heteroatoms. The number of anilines is 1. The van der Waals surface area contributed by atoms with E-state index in [1.165, 1.54) is 18.4 Å². The fraction of sp³-hybridized carbons (Fsp3) is 0.188. The minimum Gasteiger partial charge on any atom is -0.455 e. The number of carbonyl (C=O) groups is 2. The molecule has 1 heterocycles. The lowest BCUT2D eigenvalue weighted by Gasteiger charge is -2.05. The maximum Gasteiger partial charge on any atom is 0.321 e. The van der Waals surface area contributed by atoms with Gasteiger partial charge in [-0.25, -0.2) is 13.1 Å². The van der Waals surface area contributed by atoms with Crippen molar-refractivity contribution in [1.82, 2.24) is 9.88 Å². The number of hydrogen-bond donors (Lipinski definition) is 2. The number of aromatic nitrogens is 1. The Morgan fingerprint density at radius 1 is 1.23 bits per heavy atom. The number of rotatable bonds is 8. The van der Waals surface area contributed by atoms with Crippen molar-refractivity contribution in [2.24, 2.45) is 0 Å². The van der Waals surface area contributed by atoms with Crippen LogP contribution in [-0.2, 0) is 24.3 Å². The fourth-order valence-corrected chi connectivity index (χ4v) is 2.46. The largest absolute Gasteiger partial charge is 0.455 e. The molecular weight excluding hydrogens is 362 g/mol. The molecule has 0 radical (unpaired) electrons. The summed E-state index contributed by atoms with van der Waals surface area (Å²) in [6.07, 6.45) is 2.67. The number of nitrogens with one attached hydrogen (secondary N) is 2. The first kappa shape index (κ1) is 19.3. The van der Waals surface area contributed by atoms with E-state index in [2.05, 4.69) is 24.5 Å². The van der Waals surface area contributed by atoms with Crippen LogP contribution in [0.4, 0.5) is 5.82 Å². The number of aryl methyl sites for hydroxylation is 1. The molecule has 0 aliphatic rings. The van der Waals surface area contributed by atoms with E-state index in [0.29, 0.717) is 5.56 Å². The van der Waals surface area contributed by atoms with Crippen molar-refractivity contribution in [2.45, 2.75) is 6.92 Å². The SMILES string of the molecule is Cc1ccc(/C=C/S(=O)(=O)NCC(=O)OCC(=O)Nc2ccon2)cc1. The van der Waals surface area contributed by atoms with Crippen LogP contribution in [0.3, 0.4) is 0 Å². The smallest absolute Gasteiger partial charge is 0.321 e. The van der Waals surface area contributed by atoms with Crippen LogP contribution < -0.4 is 10.0 Å². The molecule has 1 aromatic heterocycles. The third kappa shape index (κ3) is 6.87. The van der Waals surface area contributed by atoms with Crippen molar-refractivity contribution in [1.29, 1.82) is 0 Å². The van der Waals surface area contributed by atoms with E-state index in [4.69, 9.17) is 0 Å². The number of nitrogens with zero attached hydrogens (tertiary/aromatic N) is 1. The van der Waals surface area contributed by atoms with Crippen LogP contribution in [0.5, 0.6) is 0 Å². The summed E-state index contributed by atoms with van der Waals surface area (Å²) in [6.45, 7) is 0.744. The second-order valence-electron chi connectivity index (χ2n) is 5.17. The zero-order valence-corrected chi connectivity index (χ0v) is 14.7. The lowest BCUT2D eigenvalue weighted by Crippen LogP contribution is -2.31. The Morgan fingerprint density at radius 3 is 2.62 bits per heavy atom. The summed E-state index contributed by atoms with van der Waals surface area (Å²) in [5.74, 6) is -1.35. The zero-order valence-electron chi connectivity index (χ0n) is 13.8. The lowest BCUT2D eigenvalue weighted by molar-refractivity contribution is -0.146. The molecule has 0 unspecified atom stereocenters. The Hall–Kier alpha value is -2.98. The molecule has 138 valence electrons. The summed E-state index contributed by atoms with van der Waals surface area (Å²) in [4.78, 5) is 23.0. The number of esters is 1. The van der Waals surface area contributed by atoms with Crippen LogP contribution in [0.25, 0.3) is 6.08 Å². The normalized spacial score (nSPS) is 11.4. The minimum absolute atomic E-state index is 0.174. The van der Waals surface area contributed by atoms with E-state index in [1.807, 2.05) is 19.1 Å². The van der Waals surface area contributed by atoms with E-state index in [-0.39, 0.29) is 5.82 Å². The van der Waals surface area contributed by atoms with Crippen LogP contribution in [0.2, 0.25) is 0 Å². The summed E-state index contributed by atoms with van der Waals surface area (Å²) in [5.41, 5.74) is 1.76. The highest BCUT2D eigenvalue weighted by Crippen LogP contribution is 2.06. The molecule has 2 aromatic rings. The molecule has 0 bridgehead atoms. The maximum absolute atomic E-state index is 11.8. The molecular formula is C16H17N3O6S. The molecule has 0 aliphatic heterocycles. The highest BCUT2D eigenvalue weighted by atomic mass is 32.2. The van der Waals surface area contributed by atoms with Crippen LogP contribution in [-0.4, -0.2) is 38.6 Å². The van der Waals surface area contributed by atoms with Gasteiger partial charge in [-0.2, -0.15) is 0 Å². The van der Waals surface area contributed by atoms with E-state index < -0.39 is 35.1 Å². The molecule has 1 aromatic carbocycles. The molecule has 0 aliphatic carbocycles. The first-order valence-corrected chi connectivity index (χ1v) is 8.99. The monoisotopic (exact) mass is 379 g/mol. The van der Waals surface area contributed by atoms with Crippen molar-refractivity contribution in [2.75, 3.05) is 18.5 Å². The molecule has 0 atom stereocenters. The van der Waals surface area contributed by atoms with Gasteiger partial charge in [-0.05, 0) is 18.6 Å². The number of benzene rings is 1. The van der Waals surface area contributed by atoms with Crippen molar-refractivity contribution in [3.05, 3.63) is 53.1 Å². The highest BCUT2D eigenvalue weighted by Gasteiger charge is 2.12. The van der Waals surface area contributed by atoms with Gasteiger partial charge in [-0.3, -0.25) is 9.59 Å². The summed E-state index contributed by atoms with van der Waals surface area (Å²) in [7, 11) is -3.82. The number of carbonyl (C=O) groups excluding carboxylic acids is 2. The molecule has 2 rings (SSSR count). The van der Waals surface area contributed by atoms with Crippen molar-refractivity contribution < 1.29 is 27.3 Å². The van der Waals surface area contributed by atoms with Gasteiger partial charge >= 0.3 is 5.97 Å². The number of hydrogen-bond acceptors (Lipinski definition) is 7. The fourth-order valence-electron chi connectivity index (χ4n) is 1.71. The quantitative estimate of drug-likeness (QED) is 0.656. The van der Waals surface area contributed by atoms with Crippen LogP contribution in [0.1, 0.15) is 11.1 Å². The summed E-state index contributed by atoms with van der Waals surface area (Å²) >= 11 is 0. The number of sulfonamides is 1. The summed E-state index contributed by atoms with van der Waals surface area (Å²) in [6, 6.07) is 8.64. The lowest BCUT2D eigenvalue weighted by atomic mass is 10.2. The second kappa shape index (κ2) is 8.92. The molecule has 0 saturated carbocycles. The maximum atomic E-state index is 11.8. The van der Waals surface area contributed by atoms with E-state index in [9.17, 15) is 18.0 Å². The Balaban J connectivity index is 1.74. The van der Waals surface area contributed by atoms with Gasteiger partial charge in [0.05, 0.1) is 0 Å². The predicted octanol–water partition coefficient (Wildman–Crippen LogP) is 1.06. The standard InChI is InChI=1S/C16H17N3O6S/c1-12-2-4-13(5-3-12)7-9-26(22,23)17-10-16(21)24-11-15(20)18-14-6-8-25-19-14/h2-9,17H,10-11H2,1H3,(H,18,19,20)/b9-7+. The highest BCUT2D eigenvalue weighted by molar-refractivity contribution is 7.92. The predicted molar refractivity (Wildman–Crippen MR) is 93.2 cm³/mol. The van der Waals surface area contributed by atoms with Crippen LogP contribution >= 0.6 is 0 Å². The number of ether oxygens (including phenoxy) is 1. The molecule has 26 heavy (non-hydrogen) atoms. The third-order valence-electron chi connectivity index (χ3n) is 3.00. The van der Waals surface area contributed by atoms with Crippen molar-refractivity contribution >= 4 is 33.8 Å². The molecule has 2 N–H and O–H groups in total. The molecule has 0 fully saturated rings. The van der Waals surface area contributed by atoms with Gasteiger partial charge in [0.25, 0.3) is 5.91 Å². The number of amides is 1. The van der Waals surface area contributed by atoms with Gasteiger partial charge in [-0.15, -0.1) is 0 Å². The van der Waals surface area contributed by atoms with Gasteiger partial charge in [0.2, 0.25) is 10.0 Å². The minimum atomic E-state index is -3.82. The average Bonchev–Trinajstić information content (AvgIpc) is 3.11. The first-order chi connectivity index (χ1) is 12.3. The van der Waals surface area contributed by atoms with E-state index in [0.717, 1.165) is 11.0 Å². The third-order valence-corrected chi connectivity index (χ3v) is 4.05. The topological polar surface area (TPSA) is 128 Å². The Bertz CT molecular complexity index is 873. The summed E-state index contributed by atoms with van der Waals surface area (Å²) < 4.78 is 34.9. The van der Waals surface area contributed by atoms with Crippen molar-refractivity contribution in [3.63, 3.8) is 0 Å². The van der Waals surface area contributed by atoms with Crippen molar-refractivity contribution in [3.8, 4) is 0 Å². The van der Waals surface area contributed by atoms with Gasteiger partial charge < -0.3 is 14.6 Å². The zero-order chi connectivity index (χ0) is 19.0. The van der Waals surface area contributed by atoms with Gasteiger partial charge in [0.15, 0.2) is 12.4 Å². The van der Waals surface area contributed by atoms with Gasteiger partial charge in [0.1, 0.15) is 12.8 Å². The van der Waals surface area contributed by atoms with E-state index in [1.54, 1.807) is 12.1 Å². The molecule has 0 saturated heterocycles. The Kier molecular flexibility index (Phi) is 6.64.